The lowest BCUT2D eigenvalue weighted by Crippen LogP contribution is -2.04. The summed E-state index contributed by atoms with van der Waals surface area (Å²) in [6, 6.07) is 9.37. The van der Waals surface area contributed by atoms with Crippen molar-refractivity contribution in [3.05, 3.63) is 34.9 Å². The Labute approximate surface area is 82.7 Å². The predicted octanol–water partition coefficient (Wildman–Crippen LogP) is 2.77. The van der Waals surface area contributed by atoms with Crippen LogP contribution in [0, 0.1) is 11.3 Å². The molecule has 1 unspecified atom stereocenters. The maximum Gasteiger partial charge on any atom is 0.141 e. The van der Waals surface area contributed by atoms with Gasteiger partial charge in [-0.1, -0.05) is 23.7 Å². The molecular weight excluding hydrogens is 186 g/mol. The van der Waals surface area contributed by atoms with Gasteiger partial charge in [-0.25, -0.2) is 0 Å². The molecule has 68 valence electrons. The molecule has 0 radical (unpaired) electrons. The largest absolute Gasteiger partial charge is 0.359 e. The van der Waals surface area contributed by atoms with Gasteiger partial charge in [-0.2, -0.15) is 5.26 Å². The third-order valence-electron chi connectivity index (χ3n) is 1.60. The van der Waals surface area contributed by atoms with E-state index in [1.165, 1.54) is 0 Å². The summed E-state index contributed by atoms with van der Waals surface area (Å²) in [5.41, 5.74) is 1.02. The van der Waals surface area contributed by atoms with Crippen LogP contribution in [0.5, 0.6) is 0 Å². The SMILES string of the molecule is CC(C#N)OCc1ccc(Cl)cc1. The molecule has 0 heterocycles. The maximum absolute atomic E-state index is 8.46. The van der Waals surface area contributed by atoms with E-state index in [-0.39, 0.29) is 6.10 Å². The van der Waals surface area contributed by atoms with Crippen LogP contribution in [0.25, 0.3) is 0 Å². The summed E-state index contributed by atoms with van der Waals surface area (Å²) in [5.74, 6) is 0. The normalized spacial score (nSPS) is 12.1. The van der Waals surface area contributed by atoms with Crippen LogP contribution in [0.4, 0.5) is 0 Å². The lowest BCUT2D eigenvalue weighted by atomic mass is 10.2. The number of hydrogen-bond acceptors (Lipinski definition) is 2. The Morgan fingerprint density at radius 1 is 1.46 bits per heavy atom. The van der Waals surface area contributed by atoms with Gasteiger partial charge in [-0.3, -0.25) is 0 Å². The molecule has 1 aromatic rings. The summed E-state index contributed by atoms with van der Waals surface area (Å²) in [4.78, 5) is 0. The molecule has 0 aliphatic heterocycles. The molecule has 0 aliphatic rings. The second-order valence-corrected chi connectivity index (χ2v) is 3.15. The molecule has 0 saturated heterocycles. The first kappa shape index (κ1) is 10.0. The van der Waals surface area contributed by atoms with E-state index in [2.05, 4.69) is 0 Å². The van der Waals surface area contributed by atoms with Crippen molar-refractivity contribution < 1.29 is 4.74 Å². The summed E-state index contributed by atoms with van der Waals surface area (Å²) in [6.07, 6.45) is -0.365. The van der Waals surface area contributed by atoms with Crippen molar-refractivity contribution in [3.63, 3.8) is 0 Å². The highest BCUT2D eigenvalue weighted by Gasteiger charge is 1.99. The molecule has 1 rings (SSSR count). The third-order valence-corrected chi connectivity index (χ3v) is 1.85. The van der Waals surface area contributed by atoms with Gasteiger partial charge in [0.05, 0.1) is 12.7 Å². The first-order valence-corrected chi connectivity index (χ1v) is 4.36. The summed E-state index contributed by atoms with van der Waals surface area (Å²) < 4.78 is 5.21. The van der Waals surface area contributed by atoms with Crippen LogP contribution < -0.4 is 0 Å². The maximum atomic E-state index is 8.46. The molecule has 0 bridgehead atoms. The van der Waals surface area contributed by atoms with E-state index in [0.717, 1.165) is 5.56 Å². The molecule has 0 aromatic heterocycles. The smallest absolute Gasteiger partial charge is 0.141 e. The number of rotatable bonds is 3. The van der Waals surface area contributed by atoms with Crippen molar-refractivity contribution in [1.82, 2.24) is 0 Å². The Bertz CT molecular complexity index is 302. The number of nitriles is 1. The molecule has 0 fully saturated rings. The van der Waals surface area contributed by atoms with Crippen molar-refractivity contribution in [2.45, 2.75) is 19.6 Å². The fraction of sp³-hybridized carbons (Fsp3) is 0.300. The first-order chi connectivity index (χ1) is 6.22. The van der Waals surface area contributed by atoms with Gasteiger partial charge in [-0.15, -0.1) is 0 Å². The molecule has 1 atom stereocenters. The predicted molar refractivity (Wildman–Crippen MR) is 51.3 cm³/mol. The molecule has 3 heteroatoms. The molecule has 0 aliphatic carbocycles. The number of hydrogen-bond donors (Lipinski definition) is 0. The van der Waals surface area contributed by atoms with Crippen molar-refractivity contribution >= 4 is 11.6 Å². The van der Waals surface area contributed by atoms with Crippen molar-refractivity contribution in [2.75, 3.05) is 0 Å². The van der Waals surface area contributed by atoms with Crippen molar-refractivity contribution in [1.29, 1.82) is 5.26 Å². The highest BCUT2D eigenvalue weighted by atomic mass is 35.5. The quantitative estimate of drug-likeness (QED) is 0.743. The zero-order chi connectivity index (χ0) is 9.68. The van der Waals surface area contributed by atoms with E-state index in [1.54, 1.807) is 19.1 Å². The average Bonchev–Trinajstić information content (AvgIpc) is 2.16. The van der Waals surface area contributed by atoms with Crippen LogP contribution in [0.15, 0.2) is 24.3 Å². The fourth-order valence-electron chi connectivity index (χ4n) is 0.839. The summed E-state index contributed by atoms with van der Waals surface area (Å²) in [5, 5.41) is 9.17. The number of benzene rings is 1. The summed E-state index contributed by atoms with van der Waals surface area (Å²) in [7, 11) is 0. The third kappa shape index (κ3) is 3.45. The van der Waals surface area contributed by atoms with Crippen LogP contribution >= 0.6 is 11.6 Å². The fourth-order valence-corrected chi connectivity index (χ4v) is 0.965. The van der Waals surface area contributed by atoms with E-state index in [1.807, 2.05) is 18.2 Å². The van der Waals surface area contributed by atoms with Gasteiger partial charge in [0.15, 0.2) is 0 Å². The number of halogens is 1. The Morgan fingerprint density at radius 3 is 2.62 bits per heavy atom. The Hall–Kier alpha value is -1.04. The molecule has 1 aromatic carbocycles. The number of nitrogens with zero attached hydrogens (tertiary/aromatic N) is 1. The zero-order valence-electron chi connectivity index (χ0n) is 7.33. The lowest BCUT2D eigenvalue weighted by Gasteiger charge is -2.04. The molecule has 13 heavy (non-hydrogen) atoms. The summed E-state index contributed by atoms with van der Waals surface area (Å²) in [6.45, 7) is 2.17. The summed E-state index contributed by atoms with van der Waals surface area (Å²) >= 11 is 5.71. The second-order valence-electron chi connectivity index (χ2n) is 2.71. The minimum atomic E-state index is -0.365. The number of ether oxygens (including phenoxy) is 1. The van der Waals surface area contributed by atoms with E-state index in [0.29, 0.717) is 11.6 Å². The molecule has 0 N–H and O–H groups in total. The van der Waals surface area contributed by atoms with Crippen LogP contribution in [-0.4, -0.2) is 6.10 Å². The van der Waals surface area contributed by atoms with Gasteiger partial charge in [-0.05, 0) is 24.6 Å². The van der Waals surface area contributed by atoms with Gasteiger partial charge in [0.1, 0.15) is 6.10 Å². The monoisotopic (exact) mass is 195 g/mol. The molecular formula is C10H10ClNO. The molecule has 2 nitrogen and oxygen atoms in total. The van der Waals surface area contributed by atoms with Crippen molar-refractivity contribution in [2.24, 2.45) is 0 Å². The van der Waals surface area contributed by atoms with Crippen molar-refractivity contribution in [3.8, 4) is 6.07 Å². The Morgan fingerprint density at radius 2 is 2.08 bits per heavy atom. The molecule has 0 saturated carbocycles. The first-order valence-electron chi connectivity index (χ1n) is 3.98. The van der Waals surface area contributed by atoms with Gasteiger partial charge in [0, 0.05) is 5.02 Å². The van der Waals surface area contributed by atoms with E-state index >= 15 is 0 Å². The second kappa shape index (κ2) is 4.86. The molecule has 0 spiro atoms. The van der Waals surface area contributed by atoms with Crippen LogP contribution in [-0.2, 0) is 11.3 Å². The average molecular weight is 196 g/mol. The molecule has 0 amide bonds. The minimum absolute atomic E-state index is 0.365. The minimum Gasteiger partial charge on any atom is -0.359 e. The van der Waals surface area contributed by atoms with Gasteiger partial charge >= 0.3 is 0 Å². The lowest BCUT2D eigenvalue weighted by molar-refractivity contribution is 0.0887. The van der Waals surface area contributed by atoms with Crippen LogP contribution in [0.3, 0.4) is 0 Å². The van der Waals surface area contributed by atoms with Crippen LogP contribution in [0.1, 0.15) is 12.5 Å². The highest BCUT2D eigenvalue weighted by molar-refractivity contribution is 6.30. The van der Waals surface area contributed by atoms with E-state index < -0.39 is 0 Å². The highest BCUT2D eigenvalue weighted by Crippen LogP contribution is 2.10. The van der Waals surface area contributed by atoms with E-state index in [9.17, 15) is 0 Å². The Balaban J connectivity index is 2.47. The van der Waals surface area contributed by atoms with Gasteiger partial charge < -0.3 is 4.74 Å². The van der Waals surface area contributed by atoms with Crippen LogP contribution in [0.2, 0.25) is 5.02 Å². The van der Waals surface area contributed by atoms with E-state index in [4.69, 9.17) is 21.6 Å². The van der Waals surface area contributed by atoms with Gasteiger partial charge in [0.2, 0.25) is 0 Å². The van der Waals surface area contributed by atoms with Gasteiger partial charge in [0.25, 0.3) is 0 Å². The topological polar surface area (TPSA) is 33.0 Å². The standard InChI is InChI=1S/C10H10ClNO/c1-8(6-12)13-7-9-2-4-10(11)5-3-9/h2-5,8H,7H2,1H3. The Kier molecular flexibility index (Phi) is 3.75. The zero-order valence-corrected chi connectivity index (χ0v) is 8.08.